The minimum Gasteiger partial charge on any atom is -0.307 e. The topological polar surface area (TPSA) is 26.3 Å². The molecule has 0 N–H and O–H groups in total. The molecular weight excluding hydrogens is 275 g/mol. The summed E-state index contributed by atoms with van der Waals surface area (Å²) in [6, 6.07) is 0. The summed E-state index contributed by atoms with van der Waals surface area (Å²) in [7, 11) is 0. The van der Waals surface area contributed by atoms with Crippen LogP contribution >= 0.6 is 28.5 Å². The zero-order valence-electron chi connectivity index (χ0n) is 11.8. The monoisotopic (exact) mass is 300 g/mol. The highest BCUT2D eigenvalue weighted by Gasteiger charge is 2.27. The summed E-state index contributed by atoms with van der Waals surface area (Å²) >= 11 is 7.27. The molecule has 0 aromatic rings. The predicted octanol–water partition coefficient (Wildman–Crippen LogP) is 5.95. The van der Waals surface area contributed by atoms with Gasteiger partial charge in [0.25, 0.3) is 0 Å². The van der Waals surface area contributed by atoms with Gasteiger partial charge in [0.05, 0.1) is 6.10 Å². The van der Waals surface area contributed by atoms with Crippen molar-refractivity contribution in [3.05, 3.63) is 0 Å². The summed E-state index contributed by atoms with van der Waals surface area (Å²) < 4.78 is 17.6. The van der Waals surface area contributed by atoms with Gasteiger partial charge in [-0.1, -0.05) is 46.0 Å². The normalized spacial score (nSPS) is 19.4. The van der Waals surface area contributed by atoms with Crippen molar-refractivity contribution in [1.82, 2.24) is 0 Å². The first-order valence-electron chi connectivity index (χ1n) is 6.29. The van der Waals surface area contributed by atoms with E-state index in [9.17, 15) is 4.57 Å². The Morgan fingerprint density at radius 1 is 1.06 bits per heavy atom. The van der Waals surface area contributed by atoms with Gasteiger partial charge in [-0.25, -0.2) is 0 Å². The van der Waals surface area contributed by atoms with Crippen LogP contribution in [0.5, 0.6) is 0 Å². The molecule has 0 aliphatic rings. The minimum atomic E-state index is -3.03. The Balaban J connectivity index is 4.14. The van der Waals surface area contributed by atoms with E-state index in [1.807, 2.05) is 6.92 Å². The smallest absolute Gasteiger partial charge is 0.307 e. The maximum Gasteiger partial charge on any atom is 0.346 e. The van der Waals surface area contributed by atoms with Crippen LogP contribution in [0.3, 0.4) is 0 Å². The molecule has 2 nitrogen and oxygen atoms in total. The summed E-state index contributed by atoms with van der Waals surface area (Å²) in [5.74, 6) is -1.92. The third kappa shape index (κ3) is 10.4. The molecule has 0 spiro atoms. The van der Waals surface area contributed by atoms with Crippen molar-refractivity contribution >= 4 is 28.5 Å². The quantitative estimate of drug-likeness (QED) is 0.518. The second-order valence-corrected chi connectivity index (χ2v) is 11.6. The fraction of sp³-hybridized carbons (Fsp3) is 1.00. The van der Waals surface area contributed by atoms with E-state index in [0.717, 1.165) is 12.8 Å². The van der Waals surface area contributed by atoms with Crippen molar-refractivity contribution in [3.8, 4) is 0 Å². The van der Waals surface area contributed by atoms with Gasteiger partial charge in [0.15, 0.2) is 0 Å². The van der Waals surface area contributed by atoms with Crippen LogP contribution < -0.4 is 0 Å². The summed E-state index contributed by atoms with van der Waals surface area (Å²) in [6.07, 6.45) is 1.84. The van der Waals surface area contributed by atoms with Gasteiger partial charge in [-0.05, 0) is 42.8 Å². The summed E-state index contributed by atoms with van der Waals surface area (Å²) in [6.45, 7) is 12.5. The standard InChI is InChI=1S/C12H26ClO2PS/c1-9(2)7-11(5)15-16(13,14)17-12(6)8-10(3)4/h9-12H,7-8H2,1-6H3. The first kappa shape index (κ1) is 17.8. The maximum atomic E-state index is 12.1. The molecule has 0 rings (SSSR count). The van der Waals surface area contributed by atoms with E-state index in [1.54, 1.807) is 0 Å². The van der Waals surface area contributed by atoms with E-state index in [2.05, 4.69) is 34.6 Å². The van der Waals surface area contributed by atoms with Gasteiger partial charge in [0.2, 0.25) is 0 Å². The van der Waals surface area contributed by atoms with Crippen LogP contribution in [0.1, 0.15) is 54.4 Å². The second-order valence-electron chi connectivity index (χ2n) is 5.52. The van der Waals surface area contributed by atoms with Crippen LogP contribution in [-0.2, 0) is 9.09 Å². The van der Waals surface area contributed by atoms with Gasteiger partial charge in [-0.2, -0.15) is 0 Å². The number of rotatable bonds is 8. The maximum absolute atomic E-state index is 12.1. The van der Waals surface area contributed by atoms with Crippen LogP contribution in [-0.4, -0.2) is 11.4 Å². The third-order valence-electron chi connectivity index (χ3n) is 2.22. The third-order valence-corrected chi connectivity index (χ3v) is 6.68. The summed E-state index contributed by atoms with van der Waals surface area (Å²) in [4.78, 5) is 0. The van der Waals surface area contributed by atoms with Gasteiger partial charge in [-0.15, -0.1) is 0 Å². The highest BCUT2D eigenvalue weighted by atomic mass is 35.7. The van der Waals surface area contributed by atoms with Gasteiger partial charge in [0, 0.05) is 5.25 Å². The predicted molar refractivity (Wildman–Crippen MR) is 80.0 cm³/mol. The average molecular weight is 301 g/mol. The lowest BCUT2D eigenvalue weighted by molar-refractivity contribution is 0.208. The van der Waals surface area contributed by atoms with Crippen molar-refractivity contribution in [1.29, 1.82) is 0 Å². The van der Waals surface area contributed by atoms with E-state index in [0.29, 0.717) is 11.8 Å². The highest BCUT2D eigenvalue weighted by Crippen LogP contribution is 2.67. The Bertz CT molecular complexity index is 237. The molecule has 0 radical (unpaired) electrons. The van der Waals surface area contributed by atoms with Crippen molar-refractivity contribution in [2.75, 3.05) is 0 Å². The van der Waals surface area contributed by atoms with Gasteiger partial charge < -0.3 is 4.52 Å². The van der Waals surface area contributed by atoms with Crippen LogP contribution in [0.15, 0.2) is 0 Å². The fourth-order valence-electron chi connectivity index (χ4n) is 1.87. The molecule has 0 aromatic heterocycles. The Morgan fingerprint density at radius 2 is 1.53 bits per heavy atom. The molecule has 3 atom stereocenters. The number of hydrogen-bond acceptors (Lipinski definition) is 3. The first-order valence-corrected chi connectivity index (χ1v) is 10.3. The van der Waals surface area contributed by atoms with Crippen molar-refractivity contribution in [2.24, 2.45) is 11.8 Å². The van der Waals surface area contributed by atoms with Crippen LogP contribution in [0.2, 0.25) is 0 Å². The summed E-state index contributed by atoms with van der Waals surface area (Å²) in [5, 5.41) is 0.268. The van der Waals surface area contributed by atoms with E-state index < -0.39 is 5.92 Å². The molecule has 0 aliphatic carbocycles. The second kappa shape index (κ2) is 8.09. The average Bonchev–Trinajstić information content (AvgIpc) is 1.95. The lowest BCUT2D eigenvalue weighted by Gasteiger charge is -2.21. The molecule has 17 heavy (non-hydrogen) atoms. The van der Waals surface area contributed by atoms with Crippen molar-refractivity contribution in [2.45, 2.75) is 65.7 Å². The Labute approximate surface area is 115 Å². The van der Waals surface area contributed by atoms with E-state index in [-0.39, 0.29) is 11.4 Å². The molecule has 0 heterocycles. The Kier molecular flexibility index (Phi) is 8.49. The number of halogens is 1. The molecule has 0 aromatic carbocycles. The van der Waals surface area contributed by atoms with Crippen LogP contribution in [0.25, 0.3) is 0 Å². The van der Waals surface area contributed by atoms with E-state index >= 15 is 0 Å². The van der Waals surface area contributed by atoms with Crippen molar-refractivity contribution < 1.29 is 9.09 Å². The molecule has 0 bridgehead atoms. The highest BCUT2D eigenvalue weighted by molar-refractivity contribution is 8.64. The molecular formula is C12H26ClO2PS. The van der Waals surface area contributed by atoms with E-state index in [4.69, 9.17) is 15.8 Å². The van der Waals surface area contributed by atoms with Gasteiger partial charge >= 0.3 is 5.92 Å². The summed E-state index contributed by atoms with van der Waals surface area (Å²) in [5.41, 5.74) is 0. The van der Waals surface area contributed by atoms with Crippen LogP contribution in [0.4, 0.5) is 0 Å². The van der Waals surface area contributed by atoms with Gasteiger partial charge in [-0.3, -0.25) is 4.57 Å². The largest absolute Gasteiger partial charge is 0.346 e. The van der Waals surface area contributed by atoms with E-state index in [1.165, 1.54) is 11.4 Å². The molecule has 104 valence electrons. The molecule has 5 heteroatoms. The van der Waals surface area contributed by atoms with Crippen molar-refractivity contribution in [3.63, 3.8) is 0 Å². The Morgan fingerprint density at radius 3 is 1.94 bits per heavy atom. The first-order chi connectivity index (χ1) is 7.62. The Hall–Kier alpha value is 0.830. The molecule has 0 aliphatic heterocycles. The molecule has 0 amide bonds. The zero-order valence-corrected chi connectivity index (χ0v) is 14.2. The van der Waals surface area contributed by atoms with Crippen LogP contribution in [0, 0.1) is 11.8 Å². The molecule has 0 fully saturated rings. The lowest BCUT2D eigenvalue weighted by Crippen LogP contribution is -2.09. The molecule has 0 saturated carbocycles. The lowest BCUT2D eigenvalue weighted by atomic mass is 10.1. The molecule has 3 unspecified atom stereocenters. The zero-order chi connectivity index (χ0) is 13.6. The SMILES string of the molecule is CC(C)CC(C)OP(=O)(Cl)SC(C)CC(C)C. The molecule has 0 saturated heterocycles. The van der Waals surface area contributed by atoms with Gasteiger partial charge in [0.1, 0.15) is 0 Å². The number of hydrogen-bond donors (Lipinski definition) is 0. The minimum absolute atomic E-state index is 0.0444. The fourth-order valence-corrected chi connectivity index (χ4v) is 7.10.